The molecule has 1 aliphatic heterocycles. The van der Waals surface area contributed by atoms with E-state index in [0.29, 0.717) is 11.7 Å². The van der Waals surface area contributed by atoms with E-state index in [9.17, 15) is 4.39 Å². The van der Waals surface area contributed by atoms with Crippen LogP contribution in [0.5, 0.6) is 5.75 Å². The van der Waals surface area contributed by atoms with E-state index in [1.807, 2.05) is 12.1 Å². The minimum absolute atomic E-state index is 0. The number of piperazine rings is 1. The van der Waals surface area contributed by atoms with Gasteiger partial charge < -0.3 is 10.1 Å². The Labute approximate surface area is 132 Å². The zero-order valence-electron chi connectivity index (χ0n) is 12.5. The van der Waals surface area contributed by atoms with Gasteiger partial charge in [-0.15, -0.1) is 12.4 Å². The molecule has 1 saturated carbocycles. The highest BCUT2D eigenvalue weighted by atomic mass is 35.5. The fraction of sp³-hybridized carbons (Fsp3) is 0.625. The maximum Gasteiger partial charge on any atom is 0.131 e. The van der Waals surface area contributed by atoms with Gasteiger partial charge in [0.05, 0.1) is 7.11 Å². The molecule has 5 heteroatoms. The van der Waals surface area contributed by atoms with E-state index in [0.717, 1.165) is 31.7 Å². The summed E-state index contributed by atoms with van der Waals surface area (Å²) >= 11 is 0. The standard InChI is InChI=1S/C16H23FN2O.ClH/c1-20-13-5-6-14(15(17)11-13)16(12-3-2-4-12)19-9-7-18-8-10-19;/h5-6,11-12,16,18H,2-4,7-10H2,1H3;1H/t16-;/m1./s1. The highest BCUT2D eigenvalue weighted by Crippen LogP contribution is 2.42. The van der Waals surface area contributed by atoms with E-state index in [4.69, 9.17) is 4.74 Å². The van der Waals surface area contributed by atoms with E-state index in [1.54, 1.807) is 7.11 Å². The van der Waals surface area contributed by atoms with Crippen molar-refractivity contribution in [1.82, 2.24) is 10.2 Å². The number of benzene rings is 1. The predicted molar refractivity (Wildman–Crippen MR) is 84.7 cm³/mol. The molecule has 1 aromatic carbocycles. The van der Waals surface area contributed by atoms with Crippen LogP contribution in [0.3, 0.4) is 0 Å². The first kappa shape index (κ1) is 16.5. The lowest BCUT2D eigenvalue weighted by atomic mass is 9.76. The summed E-state index contributed by atoms with van der Waals surface area (Å²) in [4.78, 5) is 2.45. The molecule has 0 bridgehead atoms. The third-order valence-corrected chi connectivity index (χ3v) is 4.67. The topological polar surface area (TPSA) is 24.5 Å². The maximum atomic E-state index is 14.4. The van der Waals surface area contributed by atoms with E-state index >= 15 is 0 Å². The van der Waals surface area contributed by atoms with Crippen molar-refractivity contribution in [2.24, 2.45) is 5.92 Å². The average molecular weight is 315 g/mol. The molecule has 0 amide bonds. The van der Waals surface area contributed by atoms with Crippen molar-refractivity contribution in [3.63, 3.8) is 0 Å². The first-order valence-electron chi connectivity index (χ1n) is 7.58. The fourth-order valence-corrected chi connectivity index (χ4v) is 3.34. The lowest BCUT2D eigenvalue weighted by Crippen LogP contribution is -2.48. The monoisotopic (exact) mass is 314 g/mol. The normalized spacial score (nSPS) is 21.2. The van der Waals surface area contributed by atoms with E-state index in [-0.39, 0.29) is 24.3 Å². The van der Waals surface area contributed by atoms with Crippen molar-refractivity contribution in [2.75, 3.05) is 33.3 Å². The molecule has 0 radical (unpaired) electrons. The molecule has 2 fully saturated rings. The quantitative estimate of drug-likeness (QED) is 0.924. The average Bonchev–Trinajstić information content (AvgIpc) is 2.44. The van der Waals surface area contributed by atoms with Gasteiger partial charge in [0, 0.05) is 43.9 Å². The van der Waals surface area contributed by atoms with Crippen molar-refractivity contribution in [1.29, 1.82) is 0 Å². The van der Waals surface area contributed by atoms with E-state index < -0.39 is 0 Å². The zero-order chi connectivity index (χ0) is 13.9. The van der Waals surface area contributed by atoms with Gasteiger partial charge in [0.2, 0.25) is 0 Å². The van der Waals surface area contributed by atoms with Gasteiger partial charge in [-0.05, 0) is 24.8 Å². The van der Waals surface area contributed by atoms with Crippen LogP contribution in [0.1, 0.15) is 30.9 Å². The molecule has 0 unspecified atom stereocenters. The summed E-state index contributed by atoms with van der Waals surface area (Å²) in [5.74, 6) is 1.08. The summed E-state index contributed by atoms with van der Waals surface area (Å²) < 4.78 is 19.6. The second-order valence-electron chi connectivity index (χ2n) is 5.81. The van der Waals surface area contributed by atoms with Crippen LogP contribution in [0.2, 0.25) is 0 Å². The molecule has 1 aliphatic carbocycles. The number of ether oxygens (including phenoxy) is 1. The largest absolute Gasteiger partial charge is 0.497 e. The number of nitrogens with zero attached hydrogens (tertiary/aromatic N) is 1. The smallest absolute Gasteiger partial charge is 0.131 e. The zero-order valence-corrected chi connectivity index (χ0v) is 13.3. The first-order chi connectivity index (χ1) is 9.79. The van der Waals surface area contributed by atoms with Gasteiger partial charge in [-0.3, -0.25) is 4.90 Å². The Morgan fingerprint density at radius 3 is 2.52 bits per heavy atom. The van der Waals surface area contributed by atoms with Crippen molar-refractivity contribution < 1.29 is 9.13 Å². The molecule has 1 heterocycles. The Morgan fingerprint density at radius 2 is 2.00 bits per heavy atom. The summed E-state index contributed by atoms with van der Waals surface area (Å²) in [6.07, 6.45) is 3.73. The van der Waals surface area contributed by atoms with Gasteiger partial charge in [-0.2, -0.15) is 0 Å². The van der Waals surface area contributed by atoms with Gasteiger partial charge in [-0.25, -0.2) is 4.39 Å². The van der Waals surface area contributed by atoms with Crippen LogP contribution in [0.15, 0.2) is 18.2 Å². The lowest BCUT2D eigenvalue weighted by molar-refractivity contribution is 0.0811. The molecular weight excluding hydrogens is 291 g/mol. The second-order valence-corrected chi connectivity index (χ2v) is 5.81. The van der Waals surface area contributed by atoms with Crippen molar-refractivity contribution in [2.45, 2.75) is 25.3 Å². The van der Waals surface area contributed by atoms with Crippen molar-refractivity contribution in [3.05, 3.63) is 29.6 Å². The number of hydrogen-bond donors (Lipinski definition) is 1. The number of methoxy groups -OCH3 is 1. The molecule has 3 rings (SSSR count). The lowest BCUT2D eigenvalue weighted by Gasteiger charge is -2.43. The predicted octanol–water partition coefficient (Wildman–Crippen LogP) is 3.00. The van der Waals surface area contributed by atoms with Crippen LogP contribution in [0.4, 0.5) is 4.39 Å². The second kappa shape index (κ2) is 7.43. The molecule has 0 spiro atoms. The van der Waals surface area contributed by atoms with Crippen molar-refractivity contribution in [3.8, 4) is 5.75 Å². The van der Waals surface area contributed by atoms with Crippen LogP contribution in [-0.2, 0) is 0 Å². The maximum absolute atomic E-state index is 14.4. The van der Waals surface area contributed by atoms with Gasteiger partial charge >= 0.3 is 0 Å². The fourth-order valence-electron chi connectivity index (χ4n) is 3.34. The molecule has 1 aromatic rings. The molecule has 1 atom stereocenters. The highest BCUT2D eigenvalue weighted by Gasteiger charge is 2.35. The Bertz CT molecular complexity index is 462. The van der Waals surface area contributed by atoms with Gasteiger partial charge in [0.25, 0.3) is 0 Å². The Morgan fingerprint density at radius 1 is 1.29 bits per heavy atom. The Kier molecular flexibility index (Phi) is 5.85. The number of halogens is 2. The number of nitrogens with one attached hydrogen (secondary N) is 1. The SMILES string of the molecule is COc1ccc([C@@H](C2CCC2)N2CCNCC2)c(F)c1.Cl. The summed E-state index contributed by atoms with van der Waals surface area (Å²) in [6, 6.07) is 5.55. The molecule has 1 saturated heterocycles. The molecule has 2 aliphatic rings. The van der Waals surface area contributed by atoms with Crippen LogP contribution in [0, 0.1) is 11.7 Å². The highest BCUT2D eigenvalue weighted by molar-refractivity contribution is 5.85. The molecule has 21 heavy (non-hydrogen) atoms. The van der Waals surface area contributed by atoms with E-state index in [2.05, 4.69) is 10.2 Å². The number of rotatable bonds is 4. The van der Waals surface area contributed by atoms with Crippen LogP contribution in [0.25, 0.3) is 0 Å². The number of hydrogen-bond acceptors (Lipinski definition) is 3. The first-order valence-corrected chi connectivity index (χ1v) is 7.58. The molecule has 3 nitrogen and oxygen atoms in total. The molecular formula is C16H24ClFN2O. The minimum atomic E-state index is -0.125. The Hall–Kier alpha value is -0.840. The summed E-state index contributed by atoms with van der Waals surface area (Å²) in [7, 11) is 1.58. The minimum Gasteiger partial charge on any atom is -0.497 e. The van der Waals surface area contributed by atoms with Crippen molar-refractivity contribution >= 4 is 12.4 Å². The third kappa shape index (κ3) is 3.50. The van der Waals surface area contributed by atoms with Crippen LogP contribution in [-0.4, -0.2) is 38.2 Å². The molecule has 0 aromatic heterocycles. The van der Waals surface area contributed by atoms with E-state index in [1.165, 1.54) is 25.3 Å². The van der Waals surface area contributed by atoms with Crippen LogP contribution >= 0.6 is 12.4 Å². The summed E-state index contributed by atoms with van der Waals surface area (Å²) in [5.41, 5.74) is 0.845. The van der Waals surface area contributed by atoms with Gasteiger partial charge in [-0.1, -0.05) is 12.5 Å². The molecule has 118 valence electrons. The summed E-state index contributed by atoms with van der Waals surface area (Å²) in [6.45, 7) is 4.02. The van der Waals surface area contributed by atoms with Gasteiger partial charge in [0.15, 0.2) is 0 Å². The summed E-state index contributed by atoms with van der Waals surface area (Å²) in [5, 5.41) is 3.37. The van der Waals surface area contributed by atoms with Gasteiger partial charge in [0.1, 0.15) is 11.6 Å². The Balaban J connectivity index is 0.00000161. The molecule has 1 N–H and O–H groups in total. The van der Waals surface area contributed by atoms with Crippen LogP contribution < -0.4 is 10.1 Å². The third-order valence-electron chi connectivity index (χ3n) is 4.67.